The third kappa shape index (κ3) is 5.16. The average molecular weight is 443 g/mol. The fourth-order valence-corrected chi connectivity index (χ4v) is 3.50. The van der Waals surface area contributed by atoms with Crippen molar-refractivity contribution in [1.29, 1.82) is 0 Å². The first-order chi connectivity index (χ1) is 15.5. The maximum absolute atomic E-state index is 12.5. The minimum absolute atomic E-state index is 0.130. The molecule has 0 unspecified atom stereocenters. The van der Waals surface area contributed by atoms with Gasteiger partial charge in [0, 0.05) is 22.5 Å². The van der Waals surface area contributed by atoms with Crippen LogP contribution in [0, 0.1) is 13.8 Å². The molecule has 0 aliphatic heterocycles. The first-order valence-electron chi connectivity index (χ1n) is 10.3. The molecule has 0 radical (unpaired) electrons. The number of aliphatic imine (C=N–C) groups is 1. The van der Waals surface area contributed by atoms with E-state index in [0.29, 0.717) is 16.5 Å². The maximum Gasteiger partial charge on any atom is 0.262 e. The molecule has 4 aromatic carbocycles. The van der Waals surface area contributed by atoms with Gasteiger partial charge in [-0.1, -0.05) is 65.7 Å². The van der Waals surface area contributed by atoms with Crippen molar-refractivity contribution in [2.75, 3.05) is 11.9 Å². The zero-order valence-corrected chi connectivity index (χ0v) is 18.7. The number of aryl methyl sites for hydroxylation is 2. The molecule has 1 amide bonds. The van der Waals surface area contributed by atoms with E-state index in [1.165, 1.54) is 5.56 Å². The molecule has 160 valence electrons. The summed E-state index contributed by atoms with van der Waals surface area (Å²) in [6.07, 6.45) is 1.79. The number of amides is 1. The monoisotopic (exact) mass is 442 g/mol. The van der Waals surface area contributed by atoms with E-state index in [-0.39, 0.29) is 12.5 Å². The van der Waals surface area contributed by atoms with E-state index < -0.39 is 0 Å². The smallest absolute Gasteiger partial charge is 0.262 e. The van der Waals surface area contributed by atoms with Crippen molar-refractivity contribution >= 4 is 45.9 Å². The number of anilines is 1. The van der Waals surface area contributed by atoms with Crippen LogP contribution in [0.3, 0.4) is 0 Å². The van der Waals surface area contributed by atoms with Gasteiger partial charge < -0.3 is 10.1 Å². The highest BCUT2D eigenvalue weighted by Crippen LogP contribution is 2.28. The van der Waals surface area contributed by atoms with E-state index in [2.05, 4.69) is 10.3 Å². The summed E-state index contributed by atoms with van der Waals surface area (Å²) < 4.78 is 5.90. The first-order valence-corrected chi connectivity index (χ1v) is 10.7. The van der Waals surface area contributed by atoms with Crippen LogP contribution in [-0.2, 0) is 4.79 Å². The number of halogens is 1. The van der Waals surface area contributed by atoms with Crippen LogP contribution in [0.15, 0.2) is 83.9 Å². The molecule has 0 atom stereocenters. The third-order valence-corrected chi connectivity index (χ3v) is 5.53. The van der Waals surface area contributed by atoms with Crippen molar-refractivity contribution in [1.82, 2.24) is 0 Å². The molecule has 4 aromatic rings. The zero-order chi connectivity index (χ0) is 22.5. The summed E-state index contributed by atoms with van der Waals surface area (Å²) in [5.74, 6) is 0.330. The minimum atomic E-state index is -0.264. The van der Waals surface area contributed by atoms with Gasteiger partial charge in [0.1, 0.15) is 5.75 Å². The van der Waals surface area contributed by atoms with Crippen LogP contribution in [0.2, 0.25) is 5.02 Å². The second-order valence-corrected chi connectivity index (χ2v) is 8.00. The van der Waals surface area contributed by atoms with Crippen molar-refractivity contribution in [3.05, 3.63) is 101 Å². The molecule has 0 spiro atoms. The lowest BCUT2D eigenvalue weighted by molar-refractivity contribution is -0.118. The van der Waals surface area contributed by atoms with Crippen LogP contribution in [0.5, 0.6) is 5.75 Å². The molecule has 0 aliphatic rings. The Hall–Kier alpha value is -3.63. The van der Waals surface area contributed by atoms with E-state index in [9.17, 15) is 4.79 Å². The van der Waals surface area contributed by atoms with Gasteiger partial charge in [0.25, 0.3) is 5.91 Å². The van der Waals surface area contributed by atoms with Crippen LogP contribution in [-0.4, -0.2) is 18.7 Å². The van der Waals surface area contributed by atoms with Crippen LogP contribution in [0.25, 0.3) is 10.8 Å². The lowest BCUT2D eigenvalue weighted by Gasteiger charge is -2.12. The number of nitrogens with one attached hydrogen (secondary N) is 1. The summed E-state index contributed by atoms with van der Waals surface area (Å²) >= 11 is 6.14. The Morgan fingerprint density at radius 3 is 2.56 bits per heavy atom. The molecule has 4 nitrogen and oxygen atoms in total. The van der Waals surface area contributed by atoms with E-state index in [0.717, 1.165) is 27.6 Å². The Morgan fingerprint density at radius 1 is 1.00 bits per heavy atom. The average Bonchev–Trinajstić information content (AvgIpc) is 2.80. The van der Waals surface area contributed by atoms with Gasteiger partial charge in [0.2, 0.25) is 0 Å². The lowest BCUT2D eigenvalue weighted by Crippen LogP contribution is -2.20. The summed E-state index contributed by atoms with van der Waals surface area (Å²) in [5.41, 5.74) is 4.45. The number of fused-ring (bicyclic) bond motifs is 1. The van der Waals surface area contributed by atoms with Crippen molar-refractivity contribution in [3.8, 4) is 5.75 Å². The number of benzene rings is 4. The molecule has 0 saturated heterocycles. The molecular formula is C27H23ClN2O2. The Kier molecular flexibility index (Phi) is 6.52. The summed E-state index contributed by atoms with van der Waals surface area (Å²) in [5, 5.41) is 5.50. The summed E-state index contributed by atoms with van der Waals surface area (Å²) in [6.45, 7) is 3.82. The van der Waals surface area contributed by atoms with Crippen LogP contribution < -0.4 is 10.1 Å². The van der Waals surface area contributed by atoms with E-state index >= 15 is 0 Å². The molecule has 0 aliphatic carbocycles. The molecule has 0 bridgehead atoms. The van der Waals surface area contributed by atoms with Gasteiger partial charge >= 0.3 is 0 Å². The number of ether oxygens (including phenoxy) is 1. The summed E-state index contributed by atoms with van der Waals surface area (Å²) in [7, 11) is 0. The van der Waals surface area contributed by atoms with Gasteiger partial charge in [-0.15, -0.1) is 0 Å². The fraction of sp³-hybridized carbons (Fsp3) is 0.111. The number of rotatable bonds is 6. The molecular weight excluding hydrogens is 420 g/mol. The zero-order valence-electron chi connectivity index (χ0n) is 17.9. The molecule has 1 N–H and O–H groups in total. The van der Waals surface area contributed by atoms with E-state index in [1.807, 2.05) is 86.6 Å². The molecule has 4 rings (SSSR count). The van der Waals surface area contributed by atoms with Gasteiger partial charge in [-0.05, 0) is 60.5 Å². The minimum Gasteiger partial charge on any atom is -0.483 e. The van der Waals surface area contributed by atoms with Gasteiger partial charge in [-0.3, -0.25) is 9.79 Å². The number of carbonyl (C=O) groups excluding carboxylic acids is 1. The van der Waals surface area contributed by atoms with Gasteiger partial charge in [-0.25, -0.2) is 0 Å². The Balaban J connectivity index is 1.56. The van der Waals surface area contributed by atoms with E-state index in [4.69, 9.17) is 16.3 Å². The Morgan fingerprint density at radius 2 is 1.78 bits per heavy atom. The highest BCUT2D eigenvalue weighted by molar-refractivity contribution is 6.31. The summed E-state index contributed by atoms with van der Waals surface area (Å²) in [4.78, 5) is 17.1. The highest BCUT2D eigenvalue weighted by atomic mass is 35.5. The first kappa shape index (κ1) is 21.6. The molecule has 0 fully saturated rings. The lowest BCUT2D eigenvalue weighted by atomic mass is 10.0. The van der Waals surface area contributed by atoms with Crippen LogP contribution in [0.4, 0.5) is 11.4 Å². The van der Waals surface area contributed by atoms with Crippen molar-refractivity contribution in [3.63, 3.8) is 0 Å². The van der Waals surface area contributed by atoms with Crippen molar-refractivity contribution < 1.29 is 9.53 Å². The molecule has 0 saturated carbocycles. The normalized spacial score (nSPS) is 11.1. The SMILES string of the molecule is Cc1ccc(N=Cc2c(OCC(=O)Nc3ccc(C)c(Cl)c3)ccc3ccccc23)cc1. The Bertz CT molecular complexity index is 1300. The highest BCUT2D eigenvalue weighted by Gasteiger charge is 2.10. The predicted molar refractivity (Wildman–Crippen MR) is 133 cm³/mol. The third-order valence-electron chi connectivity index (χ3n) is 5.12. The molecule has 32 heavy (non-hydrogen) atoms. The quantitative estimate of drug-likeness (QED) is 0.331. The van der Waals surface area contributed by atoms with E-state index in [1.54, 1.807) is 12.3 Å². The topological polar surface area (TPSA) is 50.7 Å². The van der Waals surface area contributed by atoms with Crippen LogP contribution >= 0.6 is 11.6 Å². The van der Waals surface area contributed by atoms with Gasteiger partial charge in [0.05, 0.1) is 5.69 Å². The number of nitrogens with zero attached hydrogens (tertiary/aromatic N) is 1. The number of hydrogen-bond donors (Lipinski definition) is 1. The standard InChI is InChI=1S/C27H23ClN2O2/c1-18-7-11-21(12-8-18)29-16-24-23-6-4-3-5-20(23)10-14-26(24)32-17-27(31)30-22-13-9-19(2)25(28)15-22/h3-16H,17H2,1-2H3,(H,30,31). The van der Waals surface area contributed by atoms with Crippen molar-refractivity contribution in [2.45, 2.75) is 13.8 Å². The second-order valence-electron chi connectivity index (χ2n) is 7.59. The molecule has 0 heterocycles. The van der Waals surface area contributed by atoms with Crippen LogP contribution in [0.1, 0.15) is 16.7 Å². The number of carbonyl (C=O) groups is 1. The maximum atomic E-state index is 12.5. The fourth-order valence-electron chi connectivity index (χ4n) is 3.32. The molecule has 0 aromatic heterocycles. The predicted octanol–water partition coefficient (Wildman–Crippen LogP) is 6.88. The van der Waals surface area contributed by atoms with Crippen molar-refractivity contribution in [2.24, 2.45) is 4.99 Å². The van der Waals surface area contributed by atoms with Gasteiger partial charge in [-0.2, -0.15) is 0 Å². The van der Waals surface area contributed by atoms with Gasteiger partial charge in [0.15, 0.2) is 6.61 Å². The Labute approximate surface area is 192 Å². The molecule has 5 heteroatoms. The summed E-state index contributed by atoms with van der Waals surface area (Å²) in [6, 6.07) is 25.3. The largest absolute Gasteiger partial charge is 0.483 e. The second kappa shape index (κ2) is 9.67. The number of hydrogen-bond acceptors (Lipinski definition) is 3.